The maximum atomic E-state index is 14.8. The number of allylic oxidation sites excluding steroid dienone is 1. The van der Waals surface area contributed by atoms with Crippen LogP contribution in [0.5, 0.6) is 0 Å². The van der Waals surface area contributed by atoms with Gasteiger partial charge in [0, 0.05) is 18.9 Å². The fourth-order valence-electron chi connectivity index (χ4n) is 5.33. The van der Waals surface area contributed by atoms with Gasteiger partial charge in [0.25, 0.3) is 5.91 Å². The highest BCUT2D eigenvalue weighted by Crippen LogP contribution is 2.39. The Hall–Kier alpha value is -4.34. The van der Waals surface area contributed by atoms with Crippen LogP contribution in [-0.4, -0.2) is 50.2 Å². The molecule has 3 aliphatic heterocycles. The van der Waals surface area contributed by atoms with Crippen molar-refractivity contribution >= 4 is 5.91 Å². The first-order chi connectivity index (χ1) is 19.5. The standard InChI is InChI=1S/C31H28F2N4O3/c32-24-17-22-11-5-2-8-15-35-20-37(28(23(22)18-25(24)33)26-12-6-7-14-34-26)36-16-13-27(38)30(29(36)31(35)39)40-19-21-9-3-1-4-10-21/h1-4,6-10,12-14,16-18,27-28,38H,5,11,15,19-20H2/b8-2+/t27?,28-/m1/s1. The van der Waals surface area contributed by atoms with Crippen LogP contribution < -0.4 is 0 Å². The van der Waals surface area contributed by atoms with Crippen LogP contribution in [0.3, 0.4) is 0 Å². The number of amides is 1. The molecule has 9 heteroatoms. The zero-order valence-electron chi connectivity index (χ0n) is 21.7. The lowest BCUT2D eigenvalue weighted by Crippen LogP contribution is -2.58. The van der Waals surface area contributed by atoms with Crippen molar-refractivity contribution in [2.75, 3.05) is 13.2 Å². The van der Waals surface area contributed by atoms with Gasteiger partial charge in [0.15, 0.2) is 23.1 Å². The minimum absolute atomic E-state index is 0.121. The number of fused-ring (bicyclic) bond motifs is 5. The Morgan fingerprint density at radius 2 is 1.82 bits per heavy atom. The number of hydrazine groups is 1. The van der Waals surface area contributed by atoms with Gasteiger partial charge < -0.3 is 14.7 Å². The van der Waals surface area contributed by atoms with Gasteiger partial charge in [0.2, 0.25) is 0 Å². The number of pyridine rings is 1. The molecule has 0 spiro atoms. The number of aromatic nitrogens is 1. The molecule has 2 aromatic carbocycles. The van der Waals surface area contributed by atoms with Crippen molar-refractivity contribution in [1.82, 2.24) is 19.9 Å². The molecule has 3 aromatic rings. The smallest absolute Gasteiger partial charge is 0.276 e. The van der Waals surface area contributed by atoms with Crippen LogP contribution in [0.4, 0.5) is 8.78 Å². The van der Waals surface area contributed by atoms with Gasteiger partial charge in [-0.2, -0.15) is 5.01 Å². The largest absolute Gasteiger partial charge is 0.488 e. The lowest BCUT2D eigenvalue weighted by molar-refractivity contribution is -0.149. The number of hydrogen-bond donors (Lipinski definition) is 1. The van der Waals surface area contributed by atoms with E-state index < -0.39 is 23.8 Å². The van der Waals surface area contributed by atoms with Crippen molar-refractivity contribution in [3.05, 3.63) is 137 Å². The molecular formula is C31H28F2N4O3. The van der Waals surface area contributed by atoms with E-state index >= 15 is 0 Å². The third-order valence-corrected chi connectivity index (χ3v) is 7.28. The fraction of sp³-hybridized carbons (Fsp3) is 0.226. The average Bonchev–Trinajstić information content (AvgIpc) is 3.00. The third-order valence-electron chi connectivity index (χ3n) is 7.28. The molecule has 204 valence electrons. The molecule has 1 amide bonds. The third kappa shape index (κ3) is 4.89. The van der Waals surface area contributed by atoms with Crippen molar-refractivity contribution in [2.45, 2.75) is 31.6 Å². The lowest BCUT2D eigenvalue weighted by Gasteiger charge is -2.49. The van der Waals surface area contributed by atoms with Gasteiger partial charge in [-0.25, -0.2) is 8.78 Å². The summed E-state index contributed by atoms with van der Waals surface area (Å²) < 4.78 is 35.4. The van der Waals surface area contributed by atoms with E-state index in [0.29, 0.717) is 36.2 Å². The first-order valence-corrected chi connectivity index (χ1v) is 13.2. The quantitative estimate of drug-likeness (QED) is 0.487. The first kappa shape index (κ1) is 25.9. The summed E-state index contributed by atoms with van der Waals surface area (Å²) >= 11 is 0. The van der Waals surface area contributed by atoms with E-state index in [1.54, 1.807) is 34.4 Å². The van der Waals surface area contributed by atoms with Gasteiger partial charge in [-0.3, -0.25) is 14.8 Å². The predicted molar refractivity (Wildman–Crippen MR) is 144 cm³/mol. The molecule has 1 fully saturated rings. The molecule has 2 unspecified atom stereocenters. The molecule has 1 saturated heterocycles. The summed E-state index contributed by atoms with van der Waals surface area (Å²) in [6.45, 7) is 0.605. The molecule has 40 heavy (non-hydrogen) atoms. The Morgan fingerprint density at radius 3 is 2.62 bits per heavy atom. The number of nitrogens with zero attached hydrogens (tertiary/aromatic N) is 4. The summed E-state index contributed by atoms with van der Waals surface area (Å²) in [4.78, 5) is 20.1. The molecule has 3 aliphatic rings. The van der Waals surface area contributed by atoms with Gasteiger partial charge >= 0.3 is 0 Å². The number of rotatable bonds is 4. The van der Waals surface area contributed by atoms with Crippen LogP contribution in [0.1, 0.15) is 34.8 Å². The van der Waals surface area contributed by atoms with Gasteiger partial charge in [0.05, 0.1) is 18.4 Å². The van der Waals surface area contributed by atoms with Crippen LogP contribution in [0.25, 0.3) is 0 Å². The topological polar surface area (TPSA) is 69.1 Å². The fourth-order valence-corrected chi connectivity index (χ4v) is 5.33. The first-order valence-electron chi connectivity index (χ1n) is 13.2. The predicted octanol–water partition coefficient (Wildman–Crippen LogP) is 4.59. The number of aryl methyl sites for hydroxylation is 1. The van der Waals surface area contributed by atoms with E-state index in [2.05, 4.69) is 4.98 Å². The minimum Gasteiger partial charge on any atom is -0.488 e. The van der Waals surface area contributed by atoms with Gasteiger partial charge in [0.1, 0.15) is 12.7 Å². The van der Waals surface area contributed by atoms with Crippen molar-refractivity contribution in [1.29, 1.82) is 0 Å². The molecule has 1 N–H and O–H groups in total. The monoisotopic (exact) mass is 542 g/mol. The molecule has 7 nitrogen and oxygen atoms in total. The summed E-state index contributed by atoms with van der Waals surface area (Å²) in [6.07, 6.45) is 8.57. The summed E-state index contributed by atoms with van der Waals surface area (Å²) in [7, 11) is 0. The number of aliphatic hydroxyl groups excluding tert-OH is 1. The molecule has 0 radical (unpaired) electrons. The highest BCUT2D eigenvalue weighted by molar-refractivity contribution is 5.94. The Labute approximate surface area is 230 Å². The van der Waals surface area contributed by atoms with E-state index in [4.69, 9.17) is 4.74 Å². The Kier molecular flexibility index (Phi) is 7.15. The summed E-state index contributed by atoms with van der Waals surface area (Å²) in [6, 6.07) is 16.7. The number of aliphatic hydroxyl groups is 1. The molecule has 0 saturated carbocycles. The number of benzene rings is 2. The Bertz CT molecular complexity index is 1490. The van der Waals surface area contributed by atoms with E-state index in [9.17, 15) is 18.7 Å². The van der Waals surface area contributed by atoms with E-state index in [0.717, 1.165) is 5.56 Å². The number of carbonyl (C=O) groups excluding carboxylic acids is 1. The second-order valence-electron chi connectivity index (χ2n) is 9.86. The second-order valence-corrected chi connectivity index (χ2v) is 9.86. The maximum absolute atomic E-state index is 14.8. The normalized spacial score (nSPS) is 23.3. The van der Waals surface area contributed by atoms with Gasteiger partial charge in [-0.15, -0.1) is 0 Å². The number of ether oxygens (including phenoxy) is 1. The highest BCUT2D eigenvalue weighted by atomic mass is 19.2. The molecule has 3 atom stereocenters. The molecule has 2 bridgehead atoms. The zero-order chi connectivity index (χ0) is 27.6. The molecule has 6 rings (SSSR count). The Balaban J connectivity index is 1.52. The van der Waals surface area contributed by atoms with E-state index in [-0.39, 0.29) is 30.6 Å². The summed E-state index contributed by atoms with van der Waals surface area (Å²) in [5, 5.41) is 14.5. The van der Waals surface area contributed by atoms with E-state index in [1.807, 2.05) is 59.6 Å². The van der Waals surface area contributed by atoms with Crippen molar-refractivity contribution in [3.8, 4) is 0 Å². The van der Waals surface area contributed by atoms with Gasteiger partial charge in [-0.1, -0.05) is 48.6 Å². The number of hydrogen-bond acceptors (Lipinski definition) is 6. The van der Waals surface area contributed by atoms with E-state index in [1.165, 1.54) is 12.1 Å². The summed E-state index contributed by atoms with van der Waals surface area (Å²) in [5.41, 5.74) is 2.84. The summed E-state index contributed by atoms with van der Waals surface area (Å²) in [5.74, 6) is -2.06. The number of carbonyl (C=O) groups is 1. The molecular weight excluding hydrogens is 514 g/mol. The number of halogens is 2. The van der Waals surface area contributed by atoms with Crippen LogP contribution in [0.2, 0.25) is 0 Å². The Morgan fingerprint density at radius 1 is 1.02 bits per heavy atom. The zero-order valence-corrected chi connectivity index (χ0v) is 21.7. The second kappa shape index (κ2) is 11.0. The molecule has 1 aromatic heterocycles. The van der Waals surface area contributed by atoms with Crippen molar-refractivity contribution < 1.29 is 23.4 Å². The van der Waals surface area contributed by atoms with Crippen LogP contribution in [-0.2, 0) is 22.6 Å². The maximum Gasteiger partial charge on any atom is 0.276 e. The lowest BCUT2D eigenvalue weighted by atomic mass is 9.93. The van der Waals surface area contributed by atoms with Crippen LogP contribution >= 0.6 is 0 Å². The van der Waals surface area contributed by atoms with Crippen LogP contribution in [0.15, 0.2) is 103 Å². The van der Waals surface area contributed by atoms with Gasteiger partial charge in [-0.05, 0) is 59.9 Å². The van der Waals surface area contributed by atoms with Crippen molar-refractivity contribution in [3.63, 3.8) is 0 Å². The highest BCUT2D eigenvalue weighted by Gasteiger charge is 2.44. The minimum atomic E-state index is -1.14. The molecule has 4 heterocycles. The average molecular weight is 543 g/mol. The SMILES string of the molecule is O=C1C2=C(OCc3ccccc3)C(O)C=CN2N2CN1C/C=C/CCc1cc(F)c(F)cc1[C@@H]2c1ccccn1. The molecule has 0 aliphatic carbocycles. The van der Waals surface area contributed by atoms with Crippen LogP contribution in [0, 0.1) is 11.6 Å². The van der Waals surface area contributed by atoms with Crippen molar-refractivity contribution in [2.24, 2.45) is 0 Å².